The normalized spacial score (nSPS) is 17.1. The Hall–Kier alpha value is -2.34. The Kier molecular flexibility index (Phi) is 5.93. The average Bonchev–Trinajstić information content (AvgIpc) is 3.10. The van der Waals surface area contributed by atoms with Gasteiger partial charge in [0, 0.05) is 25.7 Å². The maximum atomic E-state index is 13.0. The Balaban J connectivity index is 1.65. The number of aromatic nitrogens is 2. The molecule has 1 aliphatic rings. The number of nitrogens with zero attached hydrogens (tertiary/aromatic N) is 4. The van der Waals surface area contributed by atoms with E-state index in [2.05, 4.69) is 4.98 Å². The van der Waals surface area contributed by atoms with Crippen molar-refractivity contribution in [1.29, 1.82) is 0 Å². The Labute approximate surface area is 153 Å². The summed E-state index contributed by atoms with van der Waals surface area (Å²) in [7, 11) is 3.99. The largest absolute Gasteiger partial charge is 0.334 e. The van der Waals surface area contributed by atoms with Gasteiger partial charge in [-0.15, -0.1) is 0 Å². The van der Waals surface area contributed by atoms with E-state index in [9.17, 15) is 9.18 Å². The monoisotopic (exact) mass is 356 g/mol. The van der Waals surface area contributed by atoms with Crippen LogP contribution in [0.15, 0.2) is 36.7 Å². The van der Waals surface area contributed by atoms with Crippen LogP contribution in [0.1, 0.15) is 42.3 Å². The summed E-state index contributed by atoms with van der Waals surface area (Å²) in [6, 6.07) is 6.35. The summed E-state index contributed by atoms with van der Waals surface area (Å²) >= 11 is 0. The molecule has 1 fully saturated rings. The smallest absolute Gasteiger partial charge is 0.223 e. The fraction of sp³-hybridized carbons (Fsp3) is 0.450. The molecule has 2 aromatic rings. The molecule has 3 rings (SSSR count). The van der Waals surface area contributed by atoms with Crippen LogP contribution in [-0.4, -0.2) is 46.3 Å². The number of hydrogen-bond acceptors (Lipinski definition) is 4. The van der Waals surface area contributed by atoms with E-state index < -0.39 is 0 Å². The molecule has 0 aliphatic carbocycles. The van der Waals surface area contributed by atoms with Crippen LogP contribution in [-0.2, 0) is 17.8 Å². The summed E-state index contributed by atoms with van der Waals surface area (Å²) in [5.41, 5.74) is 2.76. The van der Waals surface area contributed by atoms with Crippen molar-refractivity contribution in [3.63, 3.8) is 0 Å². The van der Waals surface area contributed by atoms with Crippen LogP contribution in [0, 0.1) is 5.82 Å². The van der Waals surface area contributed by atoms with Crippen molar-refractivity contribution in [2.24, 2.45) is 0 Å². The van der Waals surface area contributed by atoms with Crippen LogP contribution in [0.5, 0.6) is 0 Å². The molecule has 1 aromatic heterocycles. The van der Waals surface area contributed by atoms with Gasteiger partial charge in [-0.3, -0.25) is 14.8 Å². The molecule has 5 nitrogen and oxygen atoms in total. The van der Waals surface area contributed by atoms with Crippen molar-refractivity contribution in [2.75, 3.05) is 20.6 Å². The number of carbonyl (C=O) groups excluding carboxylic acids is 1. The highest BCUT2D eigenvalue weighted by Gasteiger charge is 2.30. The number of halogens is 1. The maximum Gasteiger partial charge on any atom is 0.223 e. The summed E-state index contributed by atoms with van der Waals surface area (Å²) in [5, 5.41) is 0. The first kappa shape index (κ1) is 18.5. The van der Waals surface area contributed by atoms with Crippen LogP contribution in [0.2, 0.25) is 0 Å². The van der Waals surface area contributed by atoms with Crippen molar-refractivity contribution in [2.45, 2.75) is 38.3 Å². The molecule has 0 bridgehead atoms. The number of amides is 1. The highest BCUT2D eigenvalue weighted by molar-refractivity contribution is 5.77. The summed E-state index contributed by atoms with van der Waals surface area (Å²) < 4.78 is 13.0. The Morgan fingerprint density at radius 3 is 2.77 bits per heavy atom. The number of aryl methyl sites for hydroxylation is 1. The molecular formula is C20H25FN4O. The van der Waals surface area contributed by atoms with Gasteiger partial charge in [0.1, 0.15) is 5.82 Å². The predicted octanol–water partition coefficient (Wildman–Crippen LogP) is 2.97. The van der Waals surface area contributed by atoms with E-state index in [1.807, 2.05) is 23.9 Å². The highest BCUT2D eigenvalue weighted by atomic mass is 19.1. The van der Waals surface area contributed by atoms with Gasteiger partial charge in [0.2, 0.25) is 5.91 Å². The molecule has 6 heteroatoms. The van der Waals surface area contributed by atoms with Gasteiger partial charge in [-0.1, -0.05) is 12.1 Å². The molecule has 1 unspecified atom stereocenters. The molecule has 0 spiro atoms. The van der Waals surface area contributed by atoms with Crippen molar-refractivity contribution in [3.8, 4) is 0 Å². The van der Waals surface area contributed by atoms with Crippen molar-refractivity contribution >= 4 is 5.91 Å². The number of benzene rings is 1. The fourth-order valence-corrected chi connectivity index (χ4v) is 3.40. The van der Waals surface area contributed by atoms with Crippen molar-refractivity contribution < 1.29 is 9.18 Å². The third-order valence-electron chi connectivity index (χ3n) is 4.64. The predicted molar refractivity (Wildman–Crippen MR) is 97.8 cm³/mol. The second-order valence-electron chi connectivity index (χ2n) is 7.04. The zero-order chi connectivity index (χ0) is 18.5. The van der Waals surface area contributed by atoms with Crippen molar-refractivity contribution in [1.82, 2.24) is 19.8 Å². The van der Waals surface area contributed by atoms with Gasteiger partial charge >= 0.3 is 0 Å². The van der Waals surface area contributed by atoms with Crippen LogP contribution < -0.4 is 0 Å². The van der Waals surface area contributed by atoms with E-state index in [1.165, 1.54) is 12.1 Å². The van der Waals surface area contributed by atoms with Crippen LogP contribution in [0.25, 0.3) is 0 Å². The SMILES string of the molecule is CN(C)Cc1cncc(C2CCCN2C(=O)CCc2ccc(F)cc2)n1. The third-order valence-corrected chi connectivity index (χ3v) is 4.64. The van der Waals surface area contributed by atoms with E-state index >= 15 is 0 Å². The molecule has 1 atom stereocenters. The van der Waals surface area contributed by atoms with E-state index in [1.54, 1.807) is 24.5 Å². The Morgan fingerprint density at radius 2 is 2.04 bits per heavy atom. The van der Waals surface area contributed by atoms with E-state index in [0.29, 0.717) is 12.8 Å². The highest BCUT2D eigenvalue weighted by Crippen LogP contribution is 2.31. The summed E-state index contributed by atoms with van der Waals surface area (Å²) in [6.45, 7) is 1.48. The standard InChI is InChI=1S/C20H25FN4O/c1-24(2)14-17-12-22-13-18(23-17)19-4-3-11-25(19)20(26)10-7-15-5-8-16(21)9-6-15/h5-6,8-9,12-13,19H,3-4,7,10-11,14H2,1-2H3. The first-order valence-electron chi connectivity index (χ1n) is 9.02. The molecule has 1 amide bonds. The topological polar surface area (TPSA) is 49.3 Å². The lowest BCUT2D eigenvalue weighted by atomic mass is 10.1. The quantitative estimate of drug-likeness (QED) is 0.798. The van der Waals surface area contributed by atoms with Crippen molar-refractivity contribution in [3.05, 3.63) is 59.4 Å². The molecule has 0 saturated carbocycles. The minimum atomic E-state index is -0.254. The zero-order valence-electron chi connectivity index (χ0n) is 15.4. The van der Waals surface area contributed by atoms with Gasteiger partial charge in [-0.05, 0) is 51.1 Å². The third kappa shape index (κ3) is 4.64. The van der Waals surface area contributed by atoms with Gasteiger partial charge < -0.3 is 9.80 Å². The van der Waals surface area contributed by atoms with Gasteiger partial charge in [0.05, 0.1) is 23.6 Å². The van der Waals surface area contributed by atoms with Gasteiger partial charge in [0.15, 0.2) is 0 Å². The molecule has 0 radical (unpaired) electrons. The van der Waals surface area contributed by atoms with Crippen LogP contribution in [0.3, 0.4) is 0 Å². The zero-order valence-corrected chi connectivity index (χ0v) is 15.4. The minimum Gasteiger partial charge on any atom is -0.334 e. The summed E-state index contributed by atoms with van der Waals surface area (Å²) in [4.78, 5) is 25.7. The second-order valence-corrected chi connectivity index (χ2v) is 7.04. The lowest BCUT2D eigenvalue weighted by Crippen LogP contribution is -2.31. The lowest BCUT2D eigenvalue weighted by Gasteiger charge is -2.24. The molecule has 1 aliphatic heterocycles. The average molecular weight is 356 g/mol. The number of likely N-dealkylation sites (tertiary alicyclic amines) is 1. The molecule has 138 valence electrons. The number of rotatable bonds is 6. The first-order chi connectivity index (χ1) is 12.5. The Bertz CT molecular complexity index is 748. The maximum absolute atomic E-state index is 13.0. The lowest BCUT2D eigenvalue weighted by molar-refractivity contribution is -0.132. The molecule has 2 heterocycles. The van der Waals surface area contributed by atoms with Crippen LogP contribution >= 0.6 is 0 Å². The number of hydrogen-bond donors (Lipinski definition) is 0. The van der Waals surface area contributed by atoms with Gasteiger partial charge in [-0.25, -0.2) is 4.39 Å². The molecule has 1 aromatic carbocycles. The van der Waals surface area contributed by atoms with E-state index in [0.717, 1.165) is 42.9 Å². The fourth-order valence-electron chi connectivity index (χ4n) is 3.40. The molecule has 0 N–H and O–H groups in total. The van der Waals surface area contributed by atoms with E-state index in [4.69, 9.17) is 4.98 Å². The van der Waals surface area contributed by atoms with Gasteiger partial charge in [-0.2, -0.15) is 0 Å². The first-order valence-corrected chi connectivity index (χ1v) is 9.02. The van der Waals surface area contributed by atoms with E-state index in [-0.39, 0.29) is 17.8 Å². The second kappa shape index (κ2) is 8.36. The molecule has 26 heavy (non-hydrogen) atoms. The minimum absolute atomic E-state index is 0.00494. The summed E-state index contributed by atoms with van der Waals surface area (Å²) in [5.74, 6) is -0.132. The summed E-state index contributed by atoms with van der Waals surface area (Å²) in [6.07, 6.45) is 6.49. The molecular weight excluding hydrogens is 331 g/mol. The number of carbonyl (C=O) groups is 1. The Morgan fingerprint density at radius 1 is 1.27 bits per heavy atom. The van der Waals surface area contributed by atoms with Gasteiger partial charge in [0.25, 0.3) is 0 Å². The van der Waals surface area contributed by atoms with Crippen LogP contribution in [0.4, 0.5) is 4.39 Å². The molecule has 1 saturated heterocycles.